The van der Waals surface area contributed by atoms with Gasteiger partial charge in [0.1, 0.15) is 6.73 Å². The molecule has 2 aromatic rings. The molecule has 0 bridgehead atoms. The van der Waals surface area contributed by atoms with E-state index in [-0.39, 0.29) is 29.1 Å². The number of halogens is 1. The molecule has 0 saturated carbocycles. The third-order valence-corrected chi connectivity index (χ3v) is 5.60. The molecule has 0 amide bonds. The lowest BCUT2D eigenvalue weighted by molar-refractivity contribution is 0.0600. The van der Waals surface area contributed by atoms with Crippen LogP contribution in [-0.2, 0) is 23.3 Å². The van der Waals surface area contributed by atoms with Gasteiger partial charge in [-0.1, -0.05) is 19.6 Å². The van der Waals surface area contributed by atoms with Crippen molar-refractivity contribution in [3.8, 4) is 11.3 Å². The summed E-state index contributed by atoms with van der Waals surface area (Å²) in [5.74, 6) is -1.55. The molecule has 0 saturated heterocycles. The second-order valence-corrected chi connectivity index (χ2v) is 12.8. The Balaban J connectivity index is 2.25. The van der Waals surface area contributed by atoms with Crippen LogP contribution in [0.15, 0.2) is 23.1 Å². The van der Waals surface area contributed by atoms with Gasteiger partial charge in [0.15, 0.2) is 0 Å². The second kappa shape index (κ2) is 7.96. The van der Waals surface area contributed by atoms with Gasteiger partial charge in [-0.2, -0.15) is 4.39 Å². The van der Waals surface area contributed by atoms with Gasteiger partial charge >= 0.3 is 5.97 Å². The fourth-order valence-corrected chi connectivity index (χ4v) is 3.05. The SMILES string of the molecule is COC(=O)c1cc(F)nc(-c2cn(COCC[Si](C)(C)C)n(C)c2=O)c1. The van der Waals surface area contributed by atoms with E-state index < -0.39 is 20.0 Å². The molecule has 0 N–H and O–H groups in total. The maximum atomic E-state index is 13.8. The molecule has 9 heteroatoms. The molecular weight excluding hydrogens is 357 g/mol. The summed E-state index contributed by atoms with van der Waals surface area (Å²) in [5, 5.41) is 0. The molecule has 0 aromatic carbocycles. The molecule has 0 atom stereocenters. The van der Waals surface area contributed by atoms with Crippen molar-refractivity contribution in [3.63, 3.8) is 0 Å². The van der Waals surface area contributed by atoms with Crippen molar-refractivity contribution in [2.45, 2.75) is 32.4 Å². The summed E-state index contributed by atoms with van der Waals surface area (Å²) >= 11 is 0. The van der Waals surface area contributed by atoms with Crippen molar-refractivity contribution < 1.29 is 18.7 Å². The minimum atomic E-state index is -1.19. The van der Waals surface area contributed by atoms with E-state index in [1.807, 2.05) is 0 Å². The third-order valence-electron chi connectivity index (χ3n) is 3.90. The molecule has 0 fully saturated rings. The number of carbonyl (C=O) groups is 1. The highest BCUT2D eigenvalue weighted by molar-refractivity contribution is 6.76. The normalized spacial score (nSPS) is 11.6. The molecular formula is C17H24FN3O4Si. The van der Waals surface area contributed by atoms with Crippen LogP contribution in [0.4, 0.5) is 4.39 Å². The quantitative estimate of drug-likeness (QED) is 0.319. The van der Waals surface area contributed by atoms with Gasteiger partial charge in [0.05, 0.1) is 23.9 Å². The Morgan fingerprint density at radius 3 is 2.62 bits per heavy atom. The summed E-state index contributed by atoms with van der Waals surface area (Å²) in [5.41, 5.74) is -0.0956. The number of hydrogen-bond donors (Lipinski definition) is 0. The molecule has 7 nitrogen and oxygen atoms in total. The Bertz CT molecular complexity index is 855. The highest BCUT2D eigenvalue weighted by atomic mass is 28.3. The van der Waals surface area contributed by atoms with E-state index in [0.717, 1.165) is 12.1 Å². The van der Waals surface area contributed by atoms with Gasteiger partial charge in [0, 0.05) is 34.0 Å². The Morgan fingerprint density at radius 1 is 1.31 bits per heavy atom. The minimum absolute atomic E-state index is 0.00353. The summed E-state index contributed by atoms with van der Waals surface area (Å²) < 4.78 is 27.0. The summed E-state index contributed by atoms with van der Waals surface area (Å²) in [6.45, 7) is 7.59. The largest absolute Gasteiger partial charge is 0.465 e. The number of carbonyl (C=O) groups excluding carboxylic acids is 1. The topological polar surface area (TPSA) is 75.3 Å². The van der Waals surface area contributed by atoms with E-state index >= 15 is 0 Å². The van der Waals surface area contributed by atoms with Crippen LogP contribution in [0.3, 0.4) is 0 Å². The number of rotatable bonds is 7. The first-order valence-corrected chi connectivity index (χ1v) is 11.9. The third kappa shape index (κ3) is 4.89. The molecule has 26 heavy (non-hydrogen) atoms. The molecule has 2 aromatic heterocycles. The molecule has 0 aliphatic heterocycles. The first-order valence-electron chi connectivity index (χ1n) is 8.23. The number of hydrogen-bond acceptors (Lipinski definition) is 5. The van der Waals surface area contributed by atoms with E-state index in [1.165, 1.54) is 17.9 Å². The van der Waals surface area contributed by atoms with Crippen LogP contribution in [0.2, 0.25) is 25.7 Å². The van der Waals surface area contributed by atoms with Gasteiger partial charge in [-0.05, 0) is 12.1 Å². The molecule has 0 radical (unpaired) electrons. The lowest BCUT2D eigenvalue weighted by Gasteiger charge is -2.16. The number of aromatic nitrogens is 3. The second-order valence-electron chi connectivity index (χ2n) is 7.21. The molecule has 0 spiro atoms. The van der Waals surface area contributed by atoms with Crippen LogP contribution in [-0.4, -0.2) is 42.1 Å². The van der Waals surface area contributed by atoms with Gasteiger partial charge in [-0.3, -0.25) is 14.2 Å². The summed E-state index contributed by atoms with van der Waals surface area (Å²) in [6, 6.07) is 3.32. The van der Waals surface area contributed by atoms with Crippen molar-refractivity contribution in [2.75, 3.05) is 13.7 Å². The minimum Gasteiger partial charge on any atom is -0.465 e. The van der Waals surface area contributed by atoms with Crippen molar-refractivity contribution >= 4 is 14.0 Å². The lowest BCUT2D eigenvalue weighted by Crippen LogP contribution is -2.24. The fourth-order valence-electron chi connectivity index (χ4n) is 2.29. The highest BCUT2D eigenvalue weighted by Crippen LogP contribution is 2.17. The van der Waals surface area contributed by atoms with Gasteiger partial charge < -0.3 is 9.47 Å². The van der Waals surface area contributed by atoms with Crippen LogP contribution in [0.25, 0.3) is 11.3 Å². The molecule has 0 aliphatic rings. The number of pyridine rings is 1. The Morgan fingerprint density at radius 2 is 2.00 bits per heavy atom. The van der Waals surface area contributed by atoms with Crippen LogP contribution in [0.5, 0.6) is 0 Å². The van der Waals surface area contributed by atoms with Gasteiger partial charge in [-0.15, -0.1) is 0 Å². The zero-order valence-corrected chi connectivity index (χ0v) is 16.7. The number of nitrogens with zero attached hydrogens (tertiary/aromatic N) is 3. The first kappa shape index (κ1) is 20.1. The Labute approximate surface area is 152 Å². The zero-order valence-electron chi connectivity index (χ0n) is 15.7. The van der Waals surface area contributed by atoms with E-state index in [9.17, 15) is 14.0 Å². The van der Waals surface area contributed by atoms with E-state index in [1.54, 1.807) is 17.9 Å². The smallest absolute Gasteiger partial charge is 0.338 e. The average molecular weight is 381 g/mol. The lowest BCUT2D eigenvalue weighted by atomic mass is 10.1. The van der Waals surface area contributed by atoms with E-state index in [0.29, 0.717) is 6.61 Å². The maximum absolute atomic E-state index is 13.8. The summed E-state index contributed by atoms with van der Waals surface area (Å²) in [6.07, 6.45) is 1.54. The Kier molecular flexibility index (Phi) is 6.14. The standard InChI is InChI=1S/C17H24FN3O4Si/c1-20-16(22)13(10-21(20)11-25-6-7-26(3,4)5)14-8-12(17(23)24-2)9-15(18)19-14/h8-10H,6-7,11H2,1-5H3. The van der Waals surface area contributed by atoms with Gasteiger partial charge in [-0.25, -0.2) is 9.78 Å². The van der Waals surface area contributed by atoms with Crippen LogP contribution < -0.4 is 5.56 Å². The first-order chi connectivity index (χ1) is 12.1. The Hall–Kier alpha value is -2.26. The van der Waals surface area contributed by atoms with Crippen molar-refractivity contribution in [2.24, 2.45) is 7.05 Å². The van der Waals surface area contributed by atoms with Crippen LogP contribution in [0.1, 0.15) is 10.4 Å². The molecule has 142 valence electrons. The molecule has 0 aliphatic carbocycles. The average Bonchev–Trinajstić information content (AvgIpc) is 2.85. The molecule has 0 unspecified atom stereocenters. The predicted molar refractivity (Wildman–Crippen MR) is 98.3 cm³/mol. The van der Waals surface area contributed by atoms with Gasteiger partial charge in [0.2, 0.25) is 5.95 Å². The fraction of sp³-hybridized carbons (Fsp3) is 0.471. The molecule has 2 heterocycles. The number of methoxy groups -OCH3 is 1. The van der Waals surface area contributed by atoms with Crippen molar-refractivity contribution in [3.05, 3.63) is 40.2 Å². The summed E-state index contributed by atoms with van der Waals surface area (Å²) in [4.78, 5) is 27.8. The summed E-state index contributed by atoms with van der Waals surface area (Å²) in [7, 11) is 1.60. The van der Waals surface area contributed by atoms with Crippen LogP contribution >= 0.6 is 0 Å². The van der Waals surface area contributed by atoms with E-state index in [4.69, 9.17) is 4.74 Å². The maximum Gasteiger partial charge on any atom is 0.338 e. The molecule has 2 rings (SSSR count). The van der Waals surface area contributed by atoms with E-state index in [2.05, 4.69) is 29.4 Å². The predicted octanol–water partition coefficient (Wildman–Crippen LogP) is 2.49. The highest BCUT2D eigenvalue weighted by Gasteiger charge is 2.17. The van der Waals surface area contributed by atoms with Crippen LogP contribution in [0, 0.1) is 5.95 Å². The number of ether oxygens (including phenoxy) is 2. The van der Waals surface area contributed by atoms with Gasteiger partial charge in [0.25, 0.3) is 5.56 Å². The van der Waals surface area contributed by atoms with Crippen molar-refractivity contribution in [1.29, 1.82) is 0 Å². The number of esters is 1. The zero-order chi connectivity index (χ0) is 19.5. The van der Waals surface area contributed by atoms with Crippen molar-refractivity contribution in [1.82, 2.24) is 14.3 Å². The monoisotopic (exact) mass is 381 g/mol.